The van der Waals surface area contributed by atoms with Crippen LogP contribution in [0.1, 0.15) is 32.1 Å². The summed E-state index contributed by atoms with van der Waals surface area (Å²) in [5.41, 5.74) is -0.00664. The summed E-state index contributed by atoms with van der Waals surface area (Å²) in [7, 11) is 0. The third kappa shape index (κ3) is 7.44. The number of aromatic carboxylic acids is 1. The van der Waals surface area contributed by atoms with Crippen molar-refractivity contribution in [1.82, 2.24) is 15.1 Å². The Labute approximate surface area is 211 Å². The molecule has 1 aromatic heterocycles. The maximum Gasteiger partial charge on any atom is 0.573 e. The largest absolute Gasteiger partial charge is 0.573 e. The molecule has 0 saturated heterocycles. The quantitative estimate of drug-likeness (QED) is 0.306. The Balaban J connectivity index is 1.82. The van der Waals surface area contributed by atoms with E-state index in [9.17, 15) is 42.9 Å². The molecule has 0 radical (unpaired) electrons. The van der Waals surface area contributed by atoms with E-state index in [1.165, 1.54) is 12.1 Å². The Hall–Kier alpha value is -4.10. The molecule has 0 unspecified atom stereocenters. The number of hydrogen-bond donors (Lipinski definition) is 4. The number of carboxylic acid groups (broad SMARTS) is 2. The molecule has 1 heterocycles. The zero-order chi connectivity index (χ0) is 27.3. The van der Waals surface area contributed by atoms with Crippen LogP contribution in [-0.2, 0) is 17.8 Å². The standard InChI is InChI=1S/C23H19ClF3N3O7/c24-15-4-2-1-3-13(15)9-16(19(31)22(35)36)28-20(32)17-10-18(21(33)34)30(29-17)11-12-5-7-14(8-6-12)37-23(25,26)27/h1-8,10,16,19,31H,9,11H2,(H,28,32)(H,33,34)(H,35,36)/t16-,19-/m1/s1. The van der Waals surface area contributed by atoms with Gasteiger partial charge in [0.05, 0.1) is 12.6 Å². The summed E-state index contributed by atoms with van der Waals surface area (Å²) >= 11 is 6.10. The number of alkyl halides is 3. The molecule has 0 bridgehead atoms. The number of nitrogens with zero attached hydrogens (tertiary/aromatic N) is 2. The van der Waals surface area contributed by atoms with Gasteiger partial charge >= 0.3 is 18.3 Å². The molecular formula is C23H19ClF3N3O7. The summed E-state index contributed by atoms with van der Waals surface area (Å²) in [5.74, 6) is -4.49. The molecule has 0 spiro atoms. The van der Waals surface area contributed by atoms with E-state index in [2.05, 4.69) is 15.2 Å². The van der Waals surface area contributed by atoms with E-state index >= 15 is 0 Å². The van der Waals surface area contributed by atoms with Crippen LogP contribution in [0.3, 0.4) is 0 Å². The minimum Gasteiger partial charge on any atom is -0.479 e. The molecule has 0 fully saturated rings. The number of amides is 1. The van der Waals surface area contributed by atoms with Crippen LogP contribution < -0.4 is 10.1 Å². The third-order valence-electron chi connectivity index (χ3n) is 5.07. The van der Waals surface area contributed by atoms with E-state index < -0.39 is 53.5 Å². The number of aromatic nitrogens is 2. The molecule has 196 valence electrons. The highest BCUT2D eigenvalue weighted by Crippen LogP contribution is 2.23. The molecule has 0 aliphatic rings. The van der Waals surface area contributed by atoms with Crippen LogP contribution in [0.5, 0.6) is 5.75 Å². The number of aliphatic hydroxyl groups is 1. The van der Waals surface area contributed by atoms with E-state index in [-0.39, 0.29) is 18.0 Å². The molecule has 4 N–H and O–H groups in total. The van der Waals surface area contributed by atoms with Crippen LogP contribution >= 0.6 is 11.6 Å². The summed E-state index contributed by atoms with van der Waals surface area (Å²) in [6.07, 6.45) is -7.04. The van der Waals surface area contributed by atoms with Crippen molar-refractivity contribution >= 4 is 29.4 Å². The number of benzene rings is 2. The van der Waals surface area contributed by atoms with Crippen molar-refractivity contribution < 1.29 is 47.6 Å². The Kier molecular flexibility index (Phi) is 8.40. The van der Waals surface area contributed by atoms with E-state index in [1.807, 2.05) is 0 Å². The van der Waals surface area contributed by atoms with Crippen LogP contribution in [0.15, 0.2) is 54.6 Å². The number of nitrogens with one attached hydrogen (secondary N) is 1. The first-order valence-corrected chi connectivity index (χ1v) is 10.8. The number of aliphatic hydroxyl groups excluding tert-OH is 1. The van der Waals surface area contributed by atoms with Crippen molar-refractivity contribution in [3.63, 3.8) is 0 Å². The second-order valence-corrected chi connectivity index (χ2v) is 8.14. The second-order valence-electron chi connectivity index (χ2n) is 7.73. The highest BCUT2D eigenvalue weighted by Gasteiger charge is 2.31. The molecule has 3 rings (SSSR count). The molecule has 1 amide bonds. The van der Waals surface area contributed by atoms with Crippen LogP contribution in [0.2, 0.25) is 5.02 Å². The summed E-state index contributed by atoms with van der Waals surface area (Å²) in [5, 5.41) is 35.4. The van der Waals surface area contributed by atoms with Crippen LogP contribution in [0, 0.1) is 0 Å². The van der Waals surface area contributed by atoms with Gasteiger partial charge in [-0.3, -0.25) is 9.48 Å². The topological polar surface area (TPSA) is 151 Å². The van der Waals surface area contributed by atoms with Crippen molar-refractivity contribution in [2.45, 2.75) is 31.5 Å². The highest BCUT2D eigenvalue weighted by molar-refractivity contribution is 6.31. The van der Waals surface area contributed by atoms with Gasteiger partial charge in [0.15, 0.2) is 11.8 Å². The summed E-state index contributed by atoms with van der Waals surface area (Å²) < 4.78 is 41.7. The zero-order valence-corrected chi connectivity index (χ0v) is 19.4. The van der Waals surface area contributed by atoms with Gasteiger partial charge in [-0.15, -0.1) is 13.2 Å². The lowest BCUT2D eigenvalue weighted by atomic mass is 10.0. The Morgan fingerprint density at radius 1 is 1.08 bits per heavy atom. The Bertz CT molecular complexity index is 1300. The molecule has 14 heteroatoms. The van der Waals surface area contributed by atoms with Gasteiger partial charge < -0.3 is 25.4 Å². The molecule has 10 nitrogen and oxygen atoms in total. The first kappa shape index (κ1) is 27.5. The molecule has 3 aromatic rings. The van der Waals surface area contributed by atoms with Crippen molar-refractivity contribution in [3.8, 4) is 5.75 Å². The molecule has 0 aliphatic carbocycles. The Morgan fingerprint density at radius 3 is 2.30 bits per heavy atom. The second kappa shape index (κ2) is 11.3. The molecule has 2 atom stereocenters. The zero-order valence-electron chi connectivity index (χ0n) is 18.6. The van der Waals surface area contributed by atoms with E-state index in [0.717, 1.165) is 22.9 Å². The number of carboxylic acids is 2. The minimum atomic E-state index is -4.87. The maximum absolute atomic E-state index is 12.8. The lowest BCUT2D eigenvalue weighted by Gasteiger charge is -2.21. The van der Waals surface area contributed by atoms with Gasteiger partial charge in [0.2, 0.25) is 0 Å². The smallest absolute Gasteiger partial charge is 0.479 e. The fraction of sp³-hybridized carbons (Fsp3) is 0.217. The molecular weight excluding hydrogens is 523 g/mol. The van der Waals surface area contributed by atoms with Crippen LogP contribution in [-0.4, -0.2) is 61.5 Å². The number of carbonyl (C=O) groups is 3. The fourth-order valence-corrected chi connectivity index (χ4v) is 3.56. The van der Waals surface area contributed by atoms with Crippen molar-refractivity contribution in [3.05, 3.63) is 82.1 Å². The number of ether oxygens (including phenoxy) is 1. The molecule has 0 saturated carbocycles. The van der Waals surface area contributed by atoms with E-state index in [1.54, 1.807) is 24.3 Å². The number of rotatable bonds is 10. The minimum absolute atomic E-state index is 0.155. The number of hydrogen-bond acceptors (Lipinski definition) is 6. The van der Waals surface area contributed by atoms with Gasteiger partial charge in [0, 0.05) is 11.1 Å². The van der Waals surface area contributed by atoms with Crippen LogP contribution in [0.4, 0.5) is 13.2 Å². The van der Waals surface area contributed by atoms with Crippen molar-refractivity contribution in [1.29, 1.82) is 0 Å². The van der Waals surface area contributed by atoms with Gasteiger partial charge in [-0.05, 0) is 35.7 Å². The van der Waals surface area contributed by atoms with Gasteiger partial charge in [-0.1, -0.05) is 41.9 Å². The SMILES string of the molecule is O=C(N[C@H](Cc1ccccc1Cl)[C@@H](O)C(=O)O)c1cc(C(=O)O)n(Cc2ccc(OC(F)(F)F)cc2)n1. The third-order valence-corrected chi connectivity index (χ3v) is 5.44. The molecule has 37 heavy (non-hydrogen) atoms. The van der Waals surface area contributed by atoms with E-state index in [0.29, 0.717) is 11.1 Å². The lowest BCUT2D eigenvalue weighted by molar-refractivity contribution is -0.274. The monoisotopic (exact) mass is 541 g/mol. The summed E-state index contributed by atoms with van der Waals surface area (Å²) in [6, 6.07) is 10.6. The van der Waals surface area contributed by atoms with Gasteiger partial charge in [-0.2, -0.15) is 5.10 Å². The van der Waals surface area contributed by atoms with Crippen molar-refractivity contribution in [2.24, 2.45) is 0 Å². The number of aliphatic carboxylic acids is 1. The average molecular weight is 542 g/mol. The Morgan fingerprint density at radius 2 is 1.73 bits per heavy atom. The van der Waals surface area contributed by atoms with Crippen molar-refractivity contribution in [2.75, 3.05) is 0 Å². The normalized spacial score (nSPS) is 13.0. The number of halogens is 4. The average Bonchev–Trinajstić information content (AvgIpc) is 3.24. The lowest BCUT2D eigenvalue weighted by Crippen LogP contribution is -2.48. The van der Waals surface area contributed by atoms with Gasteiger partial charge in [0.25, 0.3) is 5.91 Å². The highest BCUT2D eigenvalue weighted by atomic mass is 35.5. The maximum atomic E-state index is 12.8. The summed E-state index contributed by atoms with van der Waals surface area (Å²) in [4.78, 5) is 35.9. The van der Waals surface area contributed by atoms with Gasteiger partial charge in [0.1, 0.15) is 11.4 Å². The molecule has 0 aliphatic heterocycles. The summed E-state index contributed by atoms with van der Waals surface area (Å²) in [6.45, 7) is -0.220. The van der Waals surface area contributed by atoms with Gasteiger partial charge in [-0.25, -0.2) is 9.59 Å². The van der Waals surface area contributed by atoms with E-state index in [4.69, 9.17) is 11.6 Å². The molecule has 2 aromatic carbocycles. The first-order chi connectivity index (χ1) is 17.3. The van der Waals surface area contributed by atoms with Crippen LogP contribution in [0.25, 0.3) is 0 Å². The first-order valence-electron chi connectivity index (χ1n) is 10.4. The number of carbonyl (C=O) groups excluding carboxylic acids is 1. The fourth-order valence-electron chi connectivity index (χ4n) is 3.35. The predicted octanol–water partition coefficient (Wildman–Crippen LogP) is 2.97. The predicted molar refractivity (Wildman–Crippen MR) is 121 cm³/mol.